The smallest absolute Gasteiger partial charge is 0.239 e. The molecular weight excluding hydrogens is 283 g/mol. The summed E-state index contributed by atoms with van der Waals surface area (Å²) in [4.78, 5) is 11.7. The first-order chi connectivity index (χ1) is 9.56. The van der Waals surface area contributed by atoms with Gasteiger partial charge >= 0.3 is 0 Å². The van der Waals surface area contributed by atoms with Gasteiger partial charge in [-0.05, 0) is 37.3 Å². The summed E-state index contributed by atoms with van der Waals surface area (Å²) < 4.78 is 18.6. The van der Waals surface area contributed by atoms with E-state index < -0.39 is 5.82 Å². The topological polar surface area (TPSA) is 54.3 Å². The fourth-order valence-corrected chi connectivity index (χ4v) is 1.88. The van der Waals surface area contributed by atoms with E-state index in [-0.39, 0.29) is 24.2 Å². The van der Waals surface area contributed by atoms with Gasteiger partial charge in [0.25, 0.3) is 0 Å². The van der Waals surface area contributed by atoms with Crippen LogP contribution in [0.4, 0.5) is 10.1 Å². The zero-order chi connectivity index (χ0) is 14.5. The number of rotatable bonds is 5. The van der Waals surface area contributed by atoms with Crippen molar-refractivity contribution >= 4 is 23.2 Å². The molecule has 2 N–H and O–H groups in total. The van der Waals surface area contributed by atoms with Crippen molar-refractivity contribution in [1.29, 1.82) is 0 Å². The fraction of sp³-hybridized carbons (Fsp3) is 0.214. The number of carbonyl (C=O) groups excluding carboxylic acids is 1. The molecule has 0 bridgehead atoms. The predicted octanol–water partition coefficient (Wildman–Crippen LogP) is 3.36. The quantitative estimate of drug-likeness (QED) is 0.889. The van der Waals surface area contributed by atoms with Crippen LogP contribution in [0.25, 0.3) is 0 Å². The Hall–Kier alpha value is -2.01. The molecule has 6 heteroatoms. The van der Waals surface area contributed by atoms with Crippen molar-refractivity contribution in [3.05, 3.63) is 53.2 Å². The van der Waals surface area contributed by atoms with Gasteiger partial charge in [0.1, 0.15) is 11.6 Å². The van der Waals surface area contributed by atoms with E-state index in [1.54, 1.807) is 19.1 Å². The Kier molecular flexibility index (Phi) is 4.63. The number of nitrogens with one attached hydrogen (secondary N) is 2. The van der Waals surface area contributed by atoms with Crippen LogP contribution in [0, 0.1) is 5.82 Å². The minimum atomic E-state index is -0.457. The number of hydrogen-bond acceptors (Lipinski definition) is 3. The van der Waals surface area contributed by atoms with Gasteiger partial charge in [0.2, 0.25) is 5.91 Å². The molecule has 0 saturated heterocycles. The molecule has 1 amide bonds. The predicted molar refractivity (Wildman–Crippen MR) is 75.2 cm³/mol. The number of hydrogen-bond donors (Lipinski definition) is 2. The van der Waals surface area contributed by atoms with Crippen molar-refractivity contribution in [3.8, 4) is 0 Å². The maximum atomic E-state index is 13.4. The highest BCUT2D eigenvalue weighted by molar-refractivity contribution is 6.30. The third-order valence-corrected chi connectivity index (χ3v) is 2.95. The van der Waals surface area contributed by atoms with Crippen LogP contribution in [0.5, 0.6) is 0 Å². The zero-order valence-electron chi connectivity index (χ0n) is 10.8. The van der Waals surface area contributed by atoms with Crippen molar-refractivity contribution in [2.75, 3.05) is 11.9 Å². The molecule has 1 aromatic carbocycles. The third-order valence-electron chi connectivity index (χ3n) is 2.72. The van der Waals surface area contributed by atoms with Gasteiger partial charge in [-0.15, -0.1) is 0 Å². The van der Waals surface area contributed by atoms with E-state index in [1.807, 2.05) is 0 Å². The SMILES string of the molecule is CC(NC(=O)CNc1cc(Cl)ccc1F)c1ccco1. The molecule has 1 aromatic heterocycles. The lowest BCUT2D eigenvalue weighted by Crippen LogP contribution is -2.32. The molecule has 2 aromatic rings. The number of furan rings is 1. The lowest BCUT2D eigenvalue weighted by Gasteiger charge is -2.12. The first kappa shape index (κ1) is 14.4. The van der Waals surface area contributed by atoms with Crippen LogP contribution in [-0.2, 0) is 4.79 Å². The molecule has 0 spiro atoms. The molecule has 1 atom stereocenters. The Labute approximate surface area is 120 Å². The number of carbonyl (C=O) groups is 1. The van der Waals surface area contributed by atoms with Gasteiger partial charge in [-0.1, -0.05) is 11.6 Å². The summed E-state index contributed by atoms with van der Waals surface area (Å²) in [5.41, 5.74) is 0.193. The lowest BCUT2D eigenvalue weighted by atomic mass is 10.2. The summed E-state index contributed by atoms with van der Waals surface area (Å²) in [6, 6.07) is 7.39. The highest BCUT2D eigenvalue weighted by Crippen LogP contribution is 2.19. The summed E-state index contributed by atoms with van der Waals surface area (Å²) in [6.45, 7) is 1.75. The number of anilines is 1. The Morgan fingerprint density at radius 2 is 2.25 bits per heavy atom. The first-order valence-corrected chi connectivity index (χ1v) is 6.46. The van der Waals surface area contributed by atoms with Gasteiger partial charge in [0, 0.05) is 5.02 Å². The minimum absolute atomic E-state index is 0.0533. The lowest BCUT2D eigenvalue weighted by molar-refractivity contribution is -0.120. The summed E-state index contributed by atoms with van der Waals surface area (Å²) in [5, 5.41) is 5.84. The maximum Gasteiger partial charge on any atom is 0.239 e. The summed E-state index contributed by atoms with van der Waals surface area (Å²) >= 11 is 5.76. The van der Waals surface area contributed by atoms with E-state index in [4.69, 9.17) is 16.0 Å². The van der Waals surface area contributed by atoms with Crippen molar-refractivity contribution < 1.29 is 13.6 Å². The molecule has 0 radical (unpaired) electrons. The molecule has 1 unspecified atom stereocenters. The van der Waals surface area contributed by atoms with E-state index in [2.05, 4.69) is 10.6 Å². The molecule has 2 rings (SSSR count). The van der Waals surface area contributed by atoms with Gasteiger partial charge < -0.3 is 15.1 Å². The normalized spacial score (nSPS) is 11.9. The van der Waals surface area contributed by atoms with Crippen LogP contribution in [0.1, 0.15) is 18.7 Å². The minimum Gasteiger partial charge on any atom is -0.467 e. The van der Waals surface area contributed by atoms with Crippen LogP contribution in [-0.4, -0.2) is 12.5 Å². The molecule has 0 aliphatic rings. The highest BCUT2D eigenvalue weighted by Gasteiger charge is 2.12. The molecule has 4 nitrogen and oxygen atoms in total. The second-order valence-electron chi connectivity index (χ2n) is 4.28. The monoisotopic (exact) mass is 296 g/mol. The molecule has 0 fully saturated rings. The summed E-state index contributed by atoms with van der Waals surface area (Å²) in [5.74, 6) is -0.0677. The van der Waals surface area contributed by atoms with Crippen molar-refractivity contribution in [2.45, 2.75) is 13.0 Å². The molecule has 20 heavy (non-hydrogen) atoms. The third kappa shape index (κ3) is 3.74. The molecule has 0 aliphatic carbocycles. The standard InChI is InChI=1S/C14H14ClFN2O2/c1-9(13-3-2-6-20-13)18-14(19)8-17-12-7-10(15)4-5-11(12)16/h2-7,9,17H,8H2,1H3,(H,18,19). The Balaban J connectivity index is 1.87. The molecule has 0 aliphatic heterocycles. The number of halogens is 2. The number of benzene rings is 1. The van der Waals surface area contributed by atoms with Gasteiger partial charge in [0.15, 0.2) is 0 Å². The largest absolute Gasteiger partial charge is 0.467 e. The molecule has 1 heterocycles. The van der Waals surface area contributed by atoms with E-state index in [1.165, 1.54) is 24.5 Å². The van der Waals surface area contributed by atoms with Crippen LogP contribution >= 0.6 is 11.6 Å². The average Bonchev–Trinajstić information content (AvgIpc) is 2.94. The van der Waals surface area contributed by atoms with Gasteiger partial charge in [-0.3, -0.25) is 4.79 Å². The van der Waals surface area contributed by atoms with Crippen LogP contribution in [0.15, 0.2) is 41.0 Å². The fourth-order valence-electron chi connectivity index (χ4n) is 1.71. The summed E-state index contributed by atoms with van der Waals surface area (Å²) in [6.07, 6.45) is 1.54. The number of amides is 1. The second-order valence-corrected chi connectivity index (χ2v) is 4.72. The van der Waals surface area contributed by atoms with Crippen molar-refractivity contribution in [2.24, 2.45) is 0 Å². The zero-order valence-corrected chi connectivity index (χ0v) is 11.6. The molecular formula is C14H14ClFN2O2. The molecule has 106 valence electrons. The van der Waals surface area contributed by atoms with Crippen molar-refractivity contribution in [3.63, 3.8) is 0 Å². The van der Waals surface area contributed by atoms with Gasteiger partial charge in [-0.25, -0.2) is 4.39 Å². The van der Waals surface area contributed by atoms with E-state index >= 15 is 0 Å². The van der Waals surface area contributed by atoms with E-state index in [0.717, 1.165) is 0 Å². The summed E-state index contributed by atoms with van der Waals surface area (Å²) in [7, 11) is 0. The van der Waals surface area contributed by atoms with Crippen LogP contribution in [0.3, 0.4) is 0 Å². The van der Waals surface area contributed by atoms with E-state index in [9.17, 15) is 9.18 Å². The average molecular weight is 297 g/mol. The Morgan fingerprint density at radius 1 is 1.45 bits per heavy atom. The van der Waals surface area contributed by atoms with Crippen LogP contribution < -0.4 is 10.6 Å². The maximum absolute atomic E-state index is 13.4. The Morgan fingerprint density at radius 3 is 2.95 bits per heavy atom. The van der Waals surface area contributed by atoms with E-state index in [0.29, 0.717) is 10.8 Å². The second kappa shape index (κ2) is 6.43. The molecule has 0 saturated carbocycles. The Bertz CT molecular complexity index is 587. The van der Waals surface area contributed by atoms with Crippen molar-refractivity contribution in [1.82, 2.24) is 5.32 Å². The van der Waals surface area contributed by atoms with Gasteiger partial charge in [0.05, 0.1) is 24.5 Å². The highest BCUT2D eigenvalue weighted by atomic mass is 35.5. The van der Waals surface area contributed by atoms with Crippen LogP contribution in [0.2, 0.25) is 5.02 Å². The first-order valence-electron chi connectivity index (χ1n) is 6.08. The van der Waals surface area contributed by atoms with Gasteiger partial charge in [-0.2, -0.15) is 0 Å².